The lowest BCUT2D eigenvalue weighted by Crippen LogP contribution is -2.30. The number of amides is 1. The summed E-state index contributed by atoms with van der Waals surface area (Å²) in [6.07, 6.45) is 0. The minimum Gasteiger partial charge on any atom is -0.507 e. The van der Waals surface area contributed by atoms with Gasteiger partial charge >= 0.3 is 0 Å². The third-order valence-electron chi connectivity index (χ3n) is 7.43. The molecule has 0 aromatic heterocycles. The number of nitrogens with zero attached hydrogens (tertiary/aromatic N) is 1. The van der Waals surface area contributed by atoms with E-state index in [-0.39, 0.29) is 17.3 Å². The number of para-hydroxylation sites is 2. The predicted octanol–water partition coefficient (Wildman–Crippen LogP) is 7.85. The maximum Gasteiger partial charge on any atom is 0.300 e. The average Bonchev–Trinajstić information content (AvgIpc) is 3.23. The maximum absolute atomic E-state index is 13.8. The SMILES string of the molecule is COc1cc(C)c(/C(O)=C2\C(=O)C(=O)N(c3ccccc3C)C2c2cccc(Oc3ccccc3)c2)cc1C(C)C. The Morgan fingerprint density at radius 3 is 2.20 bits per heavy atom. The van der Waals surface area contributed by atoms with E-state index in [4.69, 9.17) is 9.47 Å². The zero-order valence-corrected chi connectivity index (χ0v) is 23.8. The van der Waals surface area contributed by atoms with E-state index in [0.717, 1.165) is 16.7 Å². The van der Waals surface area contributed by atoms with Crippen LogP contribution in [0.5, 0.6) is 17.2 Å². The van der Waals surface area contributed by atoms with Crippen molar-refractivity contribution in [1.82, 2.24) is 0 Å². The third kappa shape index (κ3) is 5.21. The lowest BCUT2D eigenvalue weighted by Gasteiger charge is -2.27. The zero-order valence-electron chi connectivity index (χ0n) is 23.8. The van der Waals surface area contributed by atoms with Gasteiger partial charge in [-0.15, -0.1) is 0 Å². The molecule has 208 valence electrons. The highest BCUT2D eigenvalue weighted by Gasteiger charge is 2.47. The number of aliphatic hydroxyl groups excluding tert-OH is 1. The molecule has 1 unspecified atom stereocenters. The number of benzene rings is 4. The van der Waals surface area contributed by atoms with Gasteiger partial charge in [0.05, 0.1) is 18.7 Å². The summed E-state index contributed by atoms with van der Waals surface area (Å²) in [6, 6.07) is 26.9. The molecule has 5 rings (SSSR count). The number of ketones is 1. The first kappa shape index (κ1) is 27.7. The van der Waals surface area contributed by atoms with Crippen molar-refractivity contribution in [2.75, 3.05) is 12.0 Å². The molecule has 6 heteroatoms. The molecule has 1 N–H and O–H groups in total. The molecule has 0 saturated carbocycles. The lowest BCUT2D eigenvalue weighted by atomic mass is 9.91. The van der Waals surface area contributed by atoms with Crippen molar-refractivity contribution in [2.45, 2.75) is 39.7 Å². The largest absolute Gasteiger partial charge is 0.507 e. The van der Waals surface area contributed by atoms with E-state index in [1.165, 1.54) is 4.90 Å². The van der Waals surface area contributed by atoms with Crippen LogP contribution >= 0.6 is 0 Å². The minimum absolute atomic E-state index is 0.0260. The maximum atomic E-state index is 13.8. The highest BCUT2D eigenvalue weighted by molar-refractivity contribution is 6.51. The van der Waals surface area contributed by atoms with E-state index in [0.29, 0.717) is 34.1 Å². The summed E-state index contributed by atoms with van der Waals surface area (Å²) in [7, 11) is 1.61. The monoisotopic (exact) mass is 547 g/mol. The highest BCUT2D eigenvalue weighted by atomic mass is 16.5. The van der Waals surface area contributed by atoms with Crippen molar-refractivity contribution in [3.05, 3.63) is 124 Å². The first-order valence-electron chi connectivity index (χ1n) is 13.6. The van der Waals surface area contributed by atoms with Crippen LogP contribution < -0.4 is 14.4 Å². The number of anilines is 1. The van der Waals surface area contributed by atoms with Crippen molar-refractivity contribution < 1.29 is 24.2 Å². The van der Waals surface area contributed by atoms with E-state index in [2.05, 4.69) is 0 Å². The highest BCUT2D eigenvalue weighted by Crippen LogP contribution is 2.45. The van der Waals surface area contributed by atoms with Crippen molar-refractivity contribution in [3.63, 3.8) is 0 Å². The molecular weight excluding hydrogens is 514 g/mol. The fourth-order valence-electron chi connectivity index (χ4n) is 5.33. The molecule has 4 aromatic rings. The molecule has 0 radical (unpaired) electrons. The van der Waals surface area contributed by atoms with E-state index in [1.54, 1.807) is 7.11 Å². The number of Topliss-reactive ketones (excluding diaryl/α,β-unsaturated/α-hetero) is 1. The fourth-order valence-corrected chi connectivity index (χ4v) is 5.33. The van der Waals surface area contributed by atoms with Crippen LogP contribution in [0.25, 0.3) is 5.76 Å². The van der Waals surface area contributed by atoms with Crippen LogP contribution in [0.15, 0.2) is 96.6 Å². The Kier molecular flexibility index (Phi) is 7.66. The van der Waals surface area contributed by atoms with Gasteiger partial charge in [-0.2, -0.15) is 0 Å². The van der Waals surface area contributed by atoms with Crippen LogP contribution in [0.3, 0.4) is 0 Å². The van der Waals surface area contributed by atoms with Gasteiger partial charge in [-0.05, 0) is 84.5 Å². The standard InChI is InChI=1S/C35H33NO5/c1-21(2)27-20-28(23(4)18-30(27)40-5)33(37)31-32(36(35(39)34(31)38)29-17-10-9-12-22(29)3)24-13-11-16-26(19-24)41-25-14-7-6-8-15-25/h6-21,32,37H,1-5H3/b33-31+. The third-order valence-corrected chi connectivity index (χ3v) is 7.43. The molecule has 41 heavy (non-hydrogen) atoms. The van der Waals surface area contributed by atoms with Gasteiger partial charge in [0.2, 0.25) is 0 Å². The van der Waals surface area contributed by atoms with Crippen LogP contribution in [0.4, 0.5) is 5.69 Å². The van der Waals surface area contributed by atoms with E-state index in [1.807, 2.05) is 119 Å². The second-order valence-electron chi connectivity index (χ2n) is 10.5. The Bertz CT molecular complexity index is 1650. The van der Waals surface area contributed by atoms with Gasteiger partial charge < -0.3 is 14.6 Å². The summed E-state index contributed by atoms with van der Waals surface area (Å²) in [5, 5.41) is 11.8. The summed E-state index contributed by atoms with van der Waals surface area (Å²) < 4.78 is 11.7. The Balaban J connectivity index is 1.73. The number of methoxy groups -OCH3 is 1. The Morgan fingerprint density at radius 1 is 0.829 bits per heavy atom. The molecule has 1 fully saturated rings. The average molecular weight is 548 g/mol. The summed E-state index contributed by atoms with van der Waals surface area (Å²) in [5.41, 5.74) is 4.20. The Labute approximate surface area is 240 Å². The van der Waals surface area contributed by atoms with Gasteiger partial charge in [0.25, 0.3) is 11.7 Å². The number of carbonyl (C=O) groups is 2. The minimum atomic E-state index is -0.876. The first-order valence-corrected chi connectivity index (χ1v) is 13.6. The van der Waals surface area contributed by atoms with Crippen molar-refractivity contribution in [1.29, 1.82) is 0 Å². The fraction of sp³-hybridized carbons (Fsp3) is 0.200. The molecule has 0 aliphatic carbocycles. The quantitative estimate of drug-likeness (QED) is 0.145. The van der Waals surface area contributed by atoms with E-state index < -0.39 is 17.7 Å². The first-order chi connectivity index (χ1) is 19.7. The molecule has 1 aliphatic rings. The normalized spacial score (nSPS) is 16.3. The molecule has 6 nitrogen and oxygen atoms in total. The second kappa shape index (κ2) is 11.3. The van der Waals surface area contributed by atoms with Crippen LogP contribution in [0.2, 0.25) is 0 Å². The molecular formula is C35H33NO5. The molecule has 0 spiro atoms. The Hall–Kier alpha value is -4.84. The number of rotatable bonds is 7. The summed E-state index contributed by atoms with van der Waals surface area (Å²) >= 11 is 0. The molecule has 0 bridgehead atoms. The van der Waals surface area contributed by atoms with Gasteiger partial charge in [-0.3, -0.25) is 14.5 Å². The zero-order chi connectivity index (χ0) is 29.3. The number of hydrogen-bond donors (Lipinski definition) is 1. The van der Waals surface area contributed by atoms with E-state index in [9.17, 15) is 14.7 Å². The van der Waals surface area contributed by atoms with Gasteiger partial charge in [-0.25, -0.2) is 0 Å². The number of ether oxygens (including phenoxy) is 2. The van der Waals surface area contributed by atoms with Crippen molar-refractivity contribution in [2.24, 2.45) is 0 Å². The predicted molar refractivity (Wildman–Crippen MR) is 161 cm³/mol. The van der Waals surface area contributed by atoms with E-state index >= 15 is 0 Å². The summed E-state index contributed by atoms with van der Waals surface area (Å²) in [5.74, 6) is 0.355. The molecule has 1 amide bonds. The molecule has 1 saturated heterocycles. The topological polar surface area (TPSA) is 76.1 Å². The van der Waals surface area contributed by atoms with Crippen molar-refractivity contribution in [3.8, 4) is 17.2 Å². The van der Waals surface area contributed by atoms with Gasteiger partial charge in [-0.1, -0.05) is 62.4 Å². The number of hydrogen-bond acceptors (Lipinski definition) is 5. The number of aryl methyl sites for hydroxylation is 2. The Morgan fingerprint density at radius 2 is 1.51 bits per heavy atom. The van der Waals surface area contributed by atoms with Gasteiger partial charge in [0, 0.05) is 11.3 Å². The van der Waals surface area contributed by atoms with Gasteiger partial charge in [0.15, 0.2) is 0 Å². The molecule has 1 aliphatic heterocycles. The van der Waals surface area contributed by atoms with Crippen LogP contribution in [0, 0.1) is 13.8 Å². The van der Waals surface area contributed by atoms with Crippen molar-refractivity contribution >= 4 is 23.1 Å². The smallest absolute Gasteiger partial charge is 0.300 e. The number of carbonyl (C=O) groups excluding carboxylic acids is 2. The van der Waals surface area contributed by atoms with Crippen LogP contribution in [0.1, 0.15) is 53.6 Å². The molecule has 4 aromatic carbocycles. The molecule has 1 heterocycles. The lowest BCUT2D eigenvalue weighted by molar-refractivity contribution is -0.132. The van der Waals surface area contributed by atoms with Crippen LogP contribution in [-0.4, -0.2) is 23.9 Å². The summed E-state index contributed by atoms with van der Waals surface area (Å²) in [4.78, 5) is 28.9. The van der Waals surface area contributed by atoms with Crippen LogP contribution in [-0.2, 0) is 9.59 Å². The molecule has 1 atom stereocenters. The number of aliphatic hydroxyl groups is 1. The van der Waals surface area contributed by atoms with Gasteiger partial charge in [0.1, 0.15) is 23.0 Å². The second-order valence-corrected chi connectivity index (χ2v) is 10.5. The summed E-state index contributed by atoms with van der Waals surface area (Å²) in [6.45, 7) is 7.81.